The molecule has 1 fully saturated rings. The van der Waals surface area contributed by atoms with Crippen LogP contribution in [0.25, 0.3) is 0 Å². The number of carbonyl (C=O) groups excluding carboxylic acids is 1. The lowest BCUT2D eigenvalue weighted by Crippen LogP contribution is -2.52. The maximum atomic E-state index is 12.2. The third-order valence-electron chi connectivity index (χ3n) is 3.59. The van der Waals surface area contributed by atoms with Crippen molar-refractivity contribution in [2.24, 2.45) is 0 Å². The standard InChI is InChI=1S/C13H14BrNO2/c14-9-5-4-6-10-11(9)17-13(12(16)15-10)7-2-1-3-8-13/h4-6H,1-3,7-8H2,(H,15,16). The summed E-state index contributed by atoms with van der Waals surface area (Å²) in [6.45, 7) is 0. The monoisotopic (exact) mass is 295 g/mol. The first-order chi connectivity index (χ1) is 8.21. The summed E-state index contributed by atoms with van der Waals surface area (Å²) in [7, 11) is 0. The van der Waals surface area contributed by atoms with E-state index in [2.05, 4.69) is 21.2 Å². The molecule has 17 heavy (non-hydrogen) atoms. The van der Waals surface area contributed by atoms with Gasteiger partial charge in [0.2, 0.25) is 0 Å². The molecule has 1 spiro atoms. The van der Waals surface area contributed by atoms with Gasteiger partial charge in [-0.3, -0.25) is 4.79 Å². The maximum absolute atomic E-state index is 12.2. The smallest absolute Gasteiger partial charge is 0.268 e. The van der Waals surface area contributed by atoms with Crippen LogP contribution in [0.4, 0.5) is 5.69 Å². The summed E-state index contributed by atoms with van der Waals surface area (Å²) in [5, 5.41) is 2.97. The molecule has 0 aromatic heterocycles. The Morgan fingerprint density at radius 2 is 2.00 bits per heavy atom. The fourth-order valence-corrected chi connectivity index (χ4v) is 3.09. The number of rotatable bonds is 0. The Morgan fingerprint density at radius 3 is 2.76 bits per heavy atom. The minimum atomic E-state index is -0.630. The minimum Gasteiger partial charge on any atom is -0.474 e. The number of hydrogen-bond donors (Lipinski definition) is 1. The van der Waals surface area contributed by atoms with Crippen LogP contribution in [-0.4, -0.2) is 11.5 Å². The highest BCUT2D eigenvalue weighted by Crippen LogP contribution is 2.44. The molecule has 0 radical (unpaired) electrons. The normalized spacial score (nSPS) is 21.6. The lowest BCUT2D eigenvalue weighted by atomic mass is 9.83. The fourth-order valence-electron chi connectivity index (χ4n) is 2.64. The van der Waals surface area contributed by atoms with Crippen molar-refractivity contribution in [2.45, 2.75) is 37.7 Å². The minimum absolute atomic E-state index is 0.0165. The number of halogens is 1. The second-order valence-corrected chi connectivity index (χ2v) is 5.58. The molecule has 1 aliphatic carbocycles. The molecule has 4 heteroatoms. The van der Waals surface area contributed by atoms with Crippen LogP contribution in [0.3, 0.4) is 0 Å². The molecule has 1 amide bonds. The average Bonchev–Trinajstić information content (AvgIpc) is 2.34. The highest BCUT2D eigenvalue weighted by atomic mass is 79.9. The van der Waals surface area contributed by atoms with Gasteiger partial charge >= 0.3 is 0 Å². The van der Waals surface area contributed by atoms with E-state index in [1.807, 2.05) is 18.2 Å². The predicted molar refractivity (Wildman–Crippen MR) is 69.2 cm³/mol. The van der Waals surface area contributed by atoms with E-state index in [1.165, 1.54) is 6.42 Å². The number of fused-ring (bicyclic) bond motifs is 1. The molecule has 1 N–H and O–H groups in total. The molecule has 0 unspecified atom stereocenters. The molecule has 1 saturated carbocycles. The number of nitrogens with one attached hydrogen (secondary N) is 1. The molecule has 2 aliphatic rings. The number of benzene rings is 1. The quantitative estimate of drug-likeness (QED) is 0.796. The topological polar surface area (TPSA) is 38.3 Å². The van der Waals surface area contributed by atoms with Crippen molar-refractivity contribution in [3.05, 3.63) is 22.7 Å². The van der Waals surface area contributed by atoms with Crippen molar-refractivity contribution in [3.63, 3.8) is 0 Å². The Labute approximate surface area is 109 Å². The van der Waals surface area contributed by atoms with E-state index in [-0.39, 0.29) is 5.91 Å². The summed E-state index contributed by atoms with van der Waals surface area (Å²) in [6, 6.07) is 5.70. The third-order valence-corrected chi connectivity index (χ3v) is 4.21. The van der Waals surface area contributed by atoms with Crippen LogP contribution in [0.2, 0.25) is 0 Å². The predicted octanol–water partition coefficient (Wildman–Crippen LogP) is 3.48. The number of ether oxygens (including phenoxy) is 1. The zero-order valence-corrected chi connectivity index (χ0v) is 11.0. The van der Waals surface area contributed by atoms with Crippen LogP contribution < -0.4 is 10.1 Å². The van der Waals surface area contributed by atoms with E-state index in [9.17, 15) is 4.79 Å². The van der Waals surface area contributed by atoms with Crippen LogP contribution in [-0.2, 0) is 4.79 Å². The van der Waals surface area contributed by atoms with Gasteiger partial charge in [-0.1, -0.05) is 12.5 Å². The molecule has 0 bridgehead atoms. The van der Waals surface area contributed by atoms with E-state index in [4.69, 9.17) is 4.74 Å². The number of carbonyl (C=O) groups is 1. The first-order valence-corrected chi connectivity index (χ1v) is 6.80. The van der Waals surface area contributed by atoms with Crippen LogP contribution in [0.1, 0.15) is 32.1 Å². The average molecular weight is 296 g/mol. The highest BCUT2D eigenvalue weighted by molar-refractivity contribution is 9.10. The van der Waals surface area contributed by atoms with Gasteiger partial charge in [-0.05, 0) is 53.7 Å². The van der Waals surface area contributed by atoms with Gasteiger partial charge in [0, 0.05) is 0 Å². The number of para-hydroxylation sites is 1. The highest BCUT2D eigenvalue weighted by Gasteiger charge is 2.45. The Bertz CT molecular complexity index is 466. The SMILES string of the molecule is O=C1Nc2cccc(Br)c2OC12CCCCC2. The second kappa shape index (κ2) is 4.02. The molecule has 1 aromatic carbocycles. The summed E-state index contributed by atoms with van der Waals surface area (Å²) in [5.74, 6) is 0.789. The van der Waals surface area contributed by atoms with Gasteiger partial charge in [-0.15, -0.1) is 0 Å². The summed E-state index contributed by atoms with van der Waals surface area (Å²) >= 11 is 3.48. The lowest BCUT2D eigenvalue weighted by Gasteiger charge is -2.40. The van der Waals surface area contributed by atoms with Crippen molar-refractivity contribution in [1.82, 2.24) is 0 Å². The van der Waals surface area contributed by atoms with Gasteiger partial charge in [0.1, 0.15) is 0 Å². The molecule has 1 aromatic rings. The summed E-state index contributed by atoms with van der Waals surface area (Å²) in [6.07, 6.45) is 4.96. The van der Waals surface area contributed by atoms with E-state index < -0.39 is 5.60 Å². The van der Waals surface area contributed by atoms with Crippen LogP contribution in [0, 0.1) is 0 Å². The summed E-state index contributed by atoms with van der Waals surface area (Å²) in [5.41, 5.74) is 0.135. The van der Waals surface area contributed by atoms with E-state index in [0.717, 1.165) is 41.6 Å². The fraction of sp³-hybridized carbons (Fsp3) is 0.462. The second-order valence-electron chi connectivity index (χ2n) is 4.73. The van der Waals surface area contributed by atoms with E-state index >= 15 is 0 Å². The van der Waals surface area contributed by atoms with Gasteiger partial charge in [0.15, 0.2) is 11.4 Å². The first-order valence-electron chi connectivity index (χ1n) is 6.00. The van der Waals surface area contributed by atoms with Gasteiger partial charge in [-0.2, -0.15) is 0 Å². The van der Waals surface area contributed by atoms with Crippen LogP contribution in [0.5, 0.6) is 5.75 Å². The van der Waals surface area contributed by atoms with Crippen molar-refractivity contribution in [1.29, 1.82) is 0 Å². The zero-order chi connectivity index (χ0) is 11.9. The maximum Gasteiger partial charge on any atom is 0.268 e. The molecule has 0 atom stereocenters. The summed E-state index contributed by atoms with van der Waals surface area (Å²) in [4.78, 5) is 12.2. The van der Waals surface area contributed by atoms with Crippen LogP contribution in [0.15, 0.2) is 22.7 Å². The first kappa shape index (κ1) is 11.1. The molecular weight excluding hydrogens is 282 g/mol. The molecule has 1 heterocycles. The van der Waals surface area contributed by atoms with Crippen molar-refractivity contribution >= 4 is 27.5 Å². The molecule has 0 saturated heterocycles. The molecule has 3 nitrogen and oxygen atoms in total. The number of hydrogen-bond acceptors (Lipinski definition) is 2. The largest absolute Gasteiger partial charge is 0.474 e. The van der Waals surface area contributed by atoms with Gasteiger partial charge in [0.05, 0.1) is 10.2 Å². The lowest BCUT2D eigenvalue weighted by molar-refractivity contribution is -0.135. The Morgan fingerprint density at radius 1 is 1.24 bits per heavy atom. The van der Waals surface area contributed by atoms with Crippen molar-refractivity contribution < 1.29 is 9.53 Å². The van der Waals surface area contributed by atoms with Gasteiger partial charge in [-0.25, -0.2) is 0 Å². The zero-order valence-electron chi connectivity index (χ0n) is 9.46. The van der Waals surface area contributed by atoms with Crippen molar-refractivity contribution in [2.75, 3.05) is 5.32 Å². The Balaban J connectivity index is 2.01. The molecule has 90 valence electrons. The number of anilines is 1. The third kappa shape index (κ3) is 1.75. The summed E-state index contributed by atoms with van der Waals surface area (Å²) < 4.78 is 6.95. The van der Waals surface area contributed by atoms with Crippen molar-refractivity contribution in [3.8, 4) is 5.75 Å². The Kier molecular flexibility index (Phi) is 2.62. The van der Waals surface area contributed by atoms with Gasteiger partial charge in [0.25, 0.3) is 5.91 Å². The molecule has 3 rings (SSSR count). The molecule has 1 aliphatic heterocycles. The van der Waals surface area contributed by atoms with E-state index in [0.29, 0.717) is 0 Å². The van der Waals surface area contributed by atoms with Crippen LogP contribution >= 0.6 is 15.9 Å². The number of amides is 1. The Hall–Kier alpha value is -1.03. The van der Waals surface area contributed by atoms with Gasteiger partial charge < -0.3 is 10.1 Å². The molecular formula is C13H14BrNO2. The van der Waals surface area contributed by atoms with E-state index in [1.54, 1.807) is 0 Å².